The number of benzene rings is 2. The van der Waals surface area contributed by atoms with Crippen LogP contribution in [0.25, 0.3) is 0 Å². The van der Waals surface area contributed by atoms with Gasteiger partial charge in [0, 0.05) is 20.1 Å². The Kier molecular flexibility index (Phi) is 4.55. The lowest BCUT2D eigenvalue weighted by molar-refractivity contribution is 0.306. The van der Waals surface area contributed by atoms with Crippen molar-refractivity contribution in [1.82, 2.24) is 0 Å². The number of rotatable bonds is 3. The molecule has 0 fully saturated rings. The number of aryl methyl sites for hydroxylation is 1. The second-order valence-corrected chi connectivity index (χ2v) is 5.57. The van der Waals surface area contributed by atoms with Crippen molar-refractivity contribution in [1.29, 1.82) is 0 Å². The molecule has 0 atom stereocenters. The number of hydrogen-bond acceptors (Lipinski definition) is 1. The van der Waals surface area contributed by atoms with E-state index >= 15 is 0 Å². The molecule has 0 saturated heterocycles. The average molecular weight is 346 g/mol. The predicted molar refractivity (Wildman–Crippen MR) is 79.7 cm³/mol. The summed E-state index contributed by atoms with van der Waals surface area (Å²) in [7, 11) is 0. The molecule has 0 radical (unpaired) electrons. The lowest BCUT2D eigenvalue weighted by atomic mass is 10.2. The summed E-state index contributed by atoms with van der Waals surface area (Å²) in [6, 6.07) is 11.3. The molecule has 0 saturated carbocycles. The minimum Gasteiger partial charge on any atom is -0.489 e. The summed E-state index contributed by atoms with van der Waals surface area (Å²) in [5.74, 6) is 0.798. The van der Waals surface area contributed by atoms with Gasteiger partial charge in [0.15, 0.2) is 0 Å². The van der Waals surface area contributed by atoms with Crippen LogP contribution in [0.4, 0.5) is 0 Å². The van der Waals surface area contributed by atoms with Crippen LogP contribution in [0.2, 0.25) is 10.0 Å². The molecule has 0 aliphatic rings. The van der Waals surface area contributed by atoms with Gasteiger partial charge in [0.25, 0.3) is 0 Å². The number of halogens is 3. The molecule has 0 aromatic heterocycles. The topological polar surface area (TPSA) is 9.23 Å². The zero-order valence-electron chi connectivity index (χ0n) is 9.71. The first-order valence-electron chi connectivity index (χ1n) is 5.40. The highest BCUT2D eigenvalue weighted by Gasteiger charge is 2.06. The molecule has 0 heterocycles. The van der Waals surface area contributed by atoms with E-state index in [9.17, 15) is 0 Å². The molecular formula is C14H11BrCl2O. The monoisotopic (exact) mass is 344 g/mol. The summed E-state index contributed by atoms with van der Waals surface area (Å²) in [5, 5.41) is 1.24. The van der Waals surface area contributed by atoms with Crippen LogP contribution in [0.3, 0.4) is 0 Å². The molecular weight excluding hydrogens is 335 g/mol. The van der Waals surface area contributed by atoms with Gasteiger partial charge in [-0.3, -0.25) is 0 Å². The van der Waals surface area contributed by atoms with E-state index in [2.05, 4.69) is 15.9 Å². The lowest BCUT2D eigenvalue weighted by Crippen LogP contribution is -1.97. The van der Waals surface area contributed by atoms with E-state index in [0.717, 1.165) is 21.3 Å². The molecule has 0 aliphatic heterocycles. The Hall–Kier alpha value is -0.700. The zero-order chi connectivity index (χ0) is 13.1. The van der Waals surface area contributed by atoms with Crippen molar-refractivity contribution in [2.75, 3.05) is 0 Å². The first-order chi connectivity index (χ1) is 8.58. The fourth-order valence-corrected chi connectivity index (χ4v) is 2.29. The van der Waals surface area contributed by atoms with Crippen LogP contribution in [-0.2, 0) is 6.61 Å². The molecule has 2 aromatic carbocycles. The highest BCUT2D eigenvalue weighted by atomic mass is 79.9. The van der Waals surface area contributed by atoms with Crippen molar-refractivity contribution < 1.29 is 4.74 Å². The molecule has 0 spiro atoms. The Morgan fingerprint density at radius 3 is 2.39 bits per heavy atom. The summed E-state index contributed by atoms with van der Waals surface area (Å²) in [4.78, 5) is 0. The summed E-state index contributed by atoms with van der Waals surface area (Å²) in [6.07, 6.45) is 0. The Morgan fingerprint density at radius 1 is 1.11 bits per heavy atom. The van der Waals surface area contributed by atoms with Gasteiger partial charge in [0.1, 0.15) is 12.4 Å². The van der Waals surface area contributed by atoms with Gasteiger partial charge in [-0.1, -0.05) is 45.2 Å². The molecule has 2 aromatic rings. The molecule has 1 nitrogen and oxygen atoms in total. The summed E-state index contributed by atoms with van der Waals surface area (Å²) in [5.41, 5.74) is 1.93. The van der Waals surface area contributed by atoms with Crippen LogP contribution >= 0.6 is 39.1 Å². The van der Waals surface area contributed by atoms with Gasteiger partial charge >= 0.3 is 0 Å². The maximum atomic E-state index is 6.08. The zero-order valence-corrected chi connectivity index (χ0v) is 12.8. The Balaban J connectivity index is 2.14. The van der Waals surface area contributed by atoms with Crippen molar-refractivity contribution in [2.24, 2.45) is 0 Å². The van der Waals surface area contributed by atoms with Crippen LogP contribution in [0, 0.1) is 6.92 Å². The standard InChI is InChI=1S/C14H11BrCl2O/c1-9-7-10(5-6-12(9)15)18-8-11-13(16)3-2-4-14(11)17/h2-7H,8H2,1H3. The molecule has 18 heavy (non-hydrogen) atoms. The van der Waals surface area contributed by atoms with Gasteiger partial charge < -0.3 is 4.74 Å². The molecule has 4 heteroatoms. The Morgan fingerprint density at radius 2 is 1.78 bits per heavy atom. The predicted octanol–water partition coefficient (Wildman–Crippen LogP) is 5.64. The summed E-state index contributed by atoms with van der Waals surface area (Å²) in [6.45, 7) is 2.37. The third kappa shape index (κ3) is 3.19. The van der Waals surface area contributed by atoms with Gasteiger partial charge in [0.05, 0.1) is 0 Å². The van der Waals surface area contributed by atoms with E-state index in [1.165, 1.54) is 0 Å². The Labute approximate surface area is 125 Å². The first kappa shape index (κ1) is 13.7. The minimum atomic E-state index is 0.361. The van der Waals surface area contributed by atoms with Gasteiger partial charge in [-0.2, -0.15) is 0 Å². The SMILES string of the molecule is Cc1cc(OCc2c(Cl)cccc2Cl)ccc1Br. The summed E-state index contributed by atoms with van der Waals surface area (Å²) >= 11 is 15.6. The third-order valence-corrected chi connectivity index (χ3v) is 4.17. The van der Waals surface area contributed by atoms with E-state index in [1.54, 1.807) is 12.1 Å². The van der Waals surface area contributed by atoms with Crippen molar-refractivity contribution >= 4 is 39.1 Å². The normalized spacial score (nSPS) is 10.4. The number of ether oxygens (including phenoxy) is 1. The van der Waals surface area contributed by atoms with Crippen molar-refractivity contribution in [3.8, 4) is 5.75 Å². The van der Waals surface area contributed by atoms with Crippen LogP contribution in [0.15, 0.2) is 40.9 Å². The Bertz CT molecular complexity index is 549. The fraction of sp³-hybridized carbons (Fsp3) is 0.143. The highest BCUT2D eigenvalue weighted by Crippen LogP contribution is 2.27. The molecule has 0 bridgehead atoms. The third-order valence-electron chi connectivity index (χ3n) is 2.57. The van der Waals surface area contributed by atoms with E-state index in [0.29, 0.717) is 16.7 Å². The summed E-state index contributed by atoms with van der Waals surface area (Å²) < 4.78 is 6.76. The van der Waals surface area contributed by atoms with E-state index in [1.807, 2.05) is 31.2 Å². The van der Waals surface area contributed by atoms with Crippen molar-refractivity contribution in [3.63, 3.8) is 0 Å². The van der Waals surface area contributed by atoms with Crippen LogP contribution in [-0.4, -0.2) is 0 Å². The van der Waals surface area contributed by atoms with E-state index in [-0.39, 0.29) is 0 Å². The van der Waals surface area contributed by atoms with Crippen molar-refractivity contribution in [2.45, 2.75) is 13.5 Å². The smallest absolute Gasteiger partial charge is 0.120 e. The maximum Gasteiger partial charge on any atom is 0.120 e. The number of hydrogen-bond donors (Lipinski definition) is 0. The highest BCUT2D eigenvalue weighted by molar-refractivity contribution is 9.10. The van der Waals surface area contributed by atoms with E-state index in [4.69, 9.17) is 27.9 Å². The fourth-order valence-electron chi connectivity index (χ4n) is 1.53. The van der Waals surface area contributed by atoms with Gasteiger partial charge in [-0.25, -0.2) is 0 Å². The van der Waals surface area contributed by atoms with Crippen LogP contribution in [0.5, 0.6) is 5.75 Å². The van der Waals surface area contributed by atoms with Crippen LogP contribution < -0.4 is 4.74 Å². The second kappa shape index (κ2) is 5.96. The first-order valence-corrected chi connectivity index (χ1v) is 6.94. The van der Waals surface area contributed by atoms with Gasteiger partial charge in [-0.15, -0.1) is 0 Å². The molecule has 0 N–H and O–H groups in total. The average Bonchev–Trinajstić information content (AvgIpc) is 2.33. The molecule has 2 rings (SSSR count). The van der Waals surface area contributed by atoms with Gasteiger partial charge in [-0.05, 0) is 42.8 Å². The second-order valence-electron chi connectivity index (χ2n) is 3.90. The largest absolute Gasteiger partial charge is 0.489 e. The molecule has 0 amide bonds. The van der Waals surface area contributed by atoms with Crippen molar-refractivity contribution in [3.05, 3.63) is 62.0 Å². The molecule has 94 valence electrons. The van der Waals surface area contributed by atoms with Gasteiger partial charge in [0.2, 0.25) is 0 Å². The van der Waals surface area contributed by atoms with E-state index < -0.39 is 0 Å². The molecule has 0 unspecified atom stereocenters. The van der Waals surface area contributed by atoms with Crippen LogP contribution in [0.1, 0.15) is 11.1 Å². The lowest BCUT2D eigenvalue weighted by Gasteiger charge is -2.10. The molecule has 0 aliphatic carbocycles. The minimum absolute atomic E-state index is 0.361. The maximum absolute atomic E-state index is 6.08. The quantitative estimate of drug-likeness (QED) is 0.699.